The van der Waals surface area contributed by atoms with Crippen LogP contribution in [0.4, 0.5) is 0 Å². The van der Waals surface area contributed by atoms with Gasteiger partial charge in [0, 0.05) is 19.3 Å². The van der Waals surface area contributed by atoms with Gasteiger partial charge in [-0.2, -0.15) is 5.26 Å². The van der Waals surface area contributed by atoms with E-state index in [-0.39, 0.29) is 6.04 Å². The van der Waals surface area contributed by atoms with E-state index in [1.165, 1.54) is 12.8 Å². The number of nitrogens with zero attached hydrogens (tertiary/aromatic N) is 1. The third-order valence-corrected chi connectivity index (χ3v) is 2.07. The highest BCUT2D eigenvalue weighted by Gasteiger charge is 2.23. The molecule has 0 bridgehead atoms. The van der Waals surface area contributed by atoms with E-state index in [0.29, 0.717) is 12.6 Å². The minimum absolute atomic E-state index is 0.00986. The Kier molecular flexibility index (Phi) is 4.81. The zero-order chi connectivity index (χ0) is 9.52. The van der Waals surface area contributed by atoms with Gasteiger partial charge in [-0.25, -0.2) is 0 Å². The van der Waals surface area contributed by atoms with Gasteiger partial charge in [0.05, 0.1) is 12.1 Å². The lowest BCUT2D eigenvalue weighted by Crippen LogP contribution is -2.30. The van der Waals surface area contributed by atoms with Crippen LogP contribution in [-0.4, -0.2) is 25.3 Å². The maximum absolute atomic E-state index is 8.79. The molecule has 1 saturated carbocycles. The second-order valence-corrected chi connectivity index (χ2v) is 3.52. The molecule has 13 heavy (non-hydrogen) atoms. The molecule has 1 N–H and O–H groups in total. The van der Waals surface area contributed by atoms with Crippen molar-refractivity contribution in [1.82, 2.24) is 5.32 Å². The van der Waals surface area contributed by atoms with Crippen LogP contribution in [0.1, 0.15) is 32.6 Å². The van der Waals surface area contributed by atoms with E-state index in [2.05, 4.69) is 18.3 Å². The van der Waals surface area contributed by atoms with Crippen molar-refractivity contribution in [3.05, 3.63) is 0 Å². The van der Waals surface area contributed by atoms with Crippen LogP contribution < -0.4 is 5.32 Å². The normalized spacial score (nSPS) is 18.2. The van der Waals surface area contributed by atoms with Crippen LogP contribution in [0, 0.1) is 11.3 Å². The fourth-order valence-electron chi connectivity index (χ4n) is 1.17. The van der Waals surface area contributed by atoms with Crippen molar-refractivity contribution in [3.63, 3.8) is 0 Å². The number of hydrogen-bond donors (Lipinski definition) is 1. The monoisotopic (exact) mass is 182 g/mol. The Morgan fingerprint density at radius 1 is 1.54 bits per heavy atom. The second kappa shape index (κ2) is 5.95. The fraction of sp³-hybridized carbons (Fsp3) is 0.900. The maximum Gasteiger partial charge on any atom is 0.0977 e. The SMILES string of the molecule is CCCOCCC(C#N)NC1CC1. The van der Waals surface area contributed by atoms with Gasteiger partial charge in [0.25, 0.3) is 0 Å². The average molecular weight is 182 g/mol. The molecule has 0 aromatic rings. The highest BCUT2D eigenvalue weighted by molar-refractivity contribution is 4.95. The zero-order valence-electron chi connectivity index (χ0n) is 8.25. The van der Waals surface area contributed by atoms with Crippen molar-refractivity contribution >= 4 is 0 Å². The van der Waals surface area contributed by atoms with Gasteiger partial charge in [0.15, 0.2) is 0 Å². The summed E-state index contributed by atoms with van der Waals surface area (Å²) in [6, 6.07) is 2.86. The number of hydrogen-bond acceptors (Lipinski definition) is 3. The van der Waals surface area contributed by atoms with Crippen molar-refractivity contribution in [2.75, 3.05) is 13.2 Å². The maximum atomic E-state index is 8.79. The first kappa shape index (κ1) is 10.5. The summed E-state index contributed by atoms with van der Waals surface area (Å²) in [5.74, 6) is 0. The first-order valence-electron chi connectivity index (χ1n) is 5.10. The predicted octanol–water partition coefficient (Wildman–Crippen LogP) is 1.45. The Balaban J connectivity index is 1.99. The van der Waals surface area contributed by atoms with Gasteiger partial charge in [-0.05, 0) is 25.7 Å². The molecule has 1 rings (SSSR count). The lowest BCUT2D eigenvalue weighted by atomic mass is 10.2. The molecule has 3 nitrogen and oxygen atoms in total. The van der Waals surface area contributed by atoms with Gasteiger partial charge < -0.3 is 4.74 Å². The molecule has 0 spiro atoms. The molecule has 0 radical (unpaired) electrons. The average Bonchev–Trinajstić information content (AvgIpc) is 2.94. The van der Waals surface area contributed by atoms with Crippen molar-refractivity contribution in [3.8, 4) is 6.07 Å². The molecular weight excluding hydrogens is 164 g/mol. The first-order chi connectivity index (χ1) is 6.36. The zero-order valence-corrected chi connectivity index (χ0v) is 8.25. The van der Waals surface area contributed by atoms with Crippen LogP contribution >= 0.6 is 0 Å². The van der Waals surface area contributed by atoms with Gasteiger partial charge >= 0.3 is 0 Å². The standard InChI is InChI=1S/C10H18N2O/c1-2-6-13-7-5-10(8-11)12-9-3-4-9/h9-10,12H,2-7H2,1H3. The molecule has 1 atom stereocenters. The minimum Gasteiger partial charge on any atom is -0.381 e. The topological polar surface area (TPSA) is 45.0 Å². The van der Waals surface area contributed by atoms with Gasteiger partial charge in [0.1, 0.15) is 0 Å². The first-order valence-corrected chi connectivity index (χ1v) is 5.10. The third-order valence-electron chi connectivity index (χ3n) is 2.07. The van der Waals surface area contributed by atoms with E-state index in [0.717, 1.165) is 19.4 Å². The Morgan fingerprint density at radius 2 is 2.31 bits per heavy atom. The molecule has 0 aromatic heterocycles. The van der Waals surface area contributed by atoms with Crippen molar-refractivity contribution in [2.45, 2.75) is 44.7 Å². The Hall–Kier alpha value is -0.590. The fourth-order valence-corrected chi connectivity index (χ4v) is 1.17. The third kappa shape index (κ3) is 4.87. The predicted molar refractivity (Wildman–Crippen MR) is 51.3 cm³/mol. The minimum atomic E-state index is -0.00986. The van der Waals surface area contributed by atoms with E-state index in [1.807, 2.05) is 0 Å². The number of nitrogens with one attached hydrogen (secondary N) is 1. The van der Waals surface area contributed by atoms with E-state index < -0.39 is 0 Å². The van der Waals surface area contributed by atoms with Crippen molar-refractivity contribution in [2.24, 2.45) is 0 Å². The van der Waals surface area contributed by atoms with Gasteiger partial charge in [0.2, 0.25) is 0 Å². The summed E-state index contributed by atoms with van der Waals surface area (Å²) >= 11 is 0. The Morgan fingerprint density at radius 3 is 2.85 bits per heavy atom. The van der Waals surface area contributed by atoms with Crippen molar-refractivity contribution in [1.29, 1.82) is 5.26 Å². The van der Waals surface area contributed by atoms with Gasteiger partial charge in [-0.3, -0.25) is 5.32 Å². The largest absolute Gasteiger partial charge is 0.381 e. The van der Waals surface area contributed by atoms with E-state index in [1.54, 1.807) is 0 Å². The lowest BCUT2D eigenvalue weighted by Gasteiger charge is -2.10. The van der Waals surface area contributed by atoms with E-state index in [9.17, 15) is 0 Å². The summed E-state index contributed by atoms with van der Waals surface area (Å²) in [5, 5.41) is 12.1. The molecule has 1 unspecified atom stereocenters. The Bertz CT molecular complexity index is 172. The van der Waals surface area contributed by atoms with Gasteiger partial charge in [-0.15, -0.1) is 0 Å². The van der Waals surface area contributed by atoms with E-state index >= 15 is 0 Å². The molecule has 0 aromatic carbocycles. The highest BCUT2D eigenvalue weighted by Crippen LogP contribution is 2.19. The summed E-state index contributed by atoms with van der Waals surface area (Å²) in [6.07, 6.45) is 4.32. The molecule has 0 amide bonds. The quantitative estimate of drug-likeness (QED) is 0.606. The molecule has 1 aliphatic rings. The summed E-state index contributed by atoms with van der Waals surface area (Å²) in [7, 11) is 0. The number of nitriles is 1. The summed E-state index contributed by atoms with van der Waals surface area (Å²) in [4.78, 5) is 0. The highest BCUT2D eigenvalue weighted by atomic mass is 16.5. The van der Waals surface area contributed by atoms with Crippen LogP contribution in [-0.2, 0) is 4.74 Å². The van der Waals surface area contributed by atoms with Crippen LogP contribution in [0.2, 0.25) is 0 Å². The van der Waals surface area contributed by atoms with E-state index in [4.69, 9.17) is 10.00 Å². The van der Waals surface area contributed by atoms with Crippen LogP contribution in [0.25, 0.3) is 0 Å². The molecule has 1 fully saturated rings. The Labute approximate surface area is 80.1 Å². The molecule has 0 saturated heterocycles. The van der Waals surface area contributed by atoms with Gasteiger partial charge in [-0.1, -0.05) is 6.92 Å². The summed E-state index contributed by atoms with van der Waals surface area (Å²) in [5.41, 5.74) is 0. The van der Waals surface area contributed by atoms with Crippen molar-refractivity contribution < 1.29 is 4.74 Å². The summed E-state index contributed by atoms with van der Waals surface area (Å²) in [6.45, 7) is 3.59. The van der Waals surface area contributed by atoms with Crippen LogP contribution in [0.15, 0.2) is 0 Å². The molecule has 0 heterocycles. The molecule has 0 aliphatic heterocycles. The van der Waals surface area contributed by atoms with Crippen LogP contribution in [0.5, 0.6) is 0 Å². The molecule has 74 valence electrons. The second-order valence-electron chi connectivity index (χ2n) is 3.52. The molecular formula is C10H18N2O. The number of rotatable bonds is 7. The van der Waals surface area contributed by atoms with Crippen LogP contribution in [0.3, 0.4) is 0 Å². The molecule has 1 aliphatic carbocycles. The molecule has 3 heteroatoms. The number of ether oxygens (including phenoxy) is 1. The smallest absolute Gasteiger partial charge is 0.0977 e. The lowest BCUT2D eigenvalue weighted by molar-refractivity contribution is 0.128. The summed E-state index contributed by atoms with van der Waals surface area (Å²) < 4.78 is 5.33.